The summed E-state index contributed by atoms with van der Waals surface area (Å²) in [5.74, 6) is 0. The van der Waals surface area contributed by atoms with Gasteiger partial charge < -0.3 is 5.32 Å². The molecular formula is C16H19N3O2. The Bertz CT molecular complexity index is 675. The zero-order chi connectivity index (χ0) is 14.9. The molecule has 0 saturated heterocycles. The molecule has 1 aromatic carbocycles. The van der Waals surface area contributed by atoms with Gasteiger partial charge in [0, 0.05) is 29.9 Å². The van der Waals surface area contributed by atoms with Crippen LogP contribution in [-0.4, -0.2) is 16.5 Å². The van der Waals surface area contributed by atoms with Gasteiger partial charge in [0.1, 0.15) is 5.52 Å². The molecule has 3 rings (SSSR count). The molecule has 0 amide bonds. The van der Waals surface area contributed by atoms with E-state index < -0.39 is 0 Å². The standard InChI is InChI=1S/C16H19N3O2/c1-2-16(8-4-9-16)11-18-13-6-7-14(19(20)21)15-12(13)5-3-10-17-15/h3,5-7,10,18H,2,4,8-9,11H2,1H3. The number of non-ortho nitro benzene ring substituents is 1. The summed E-state index contributed by atoms with van der Waals surface area (Å²) in [7, 11) is 0. The Labute approximate surface area is 123 Å². The number of nitro groups is 1. The first kappa shape index (κ1) is 13.8. The van der Waals surface area contributed by atoms with Crippen molar-refractivity contribution in [3.63, 3.8) is 0 Å². The number of pyridine rings is 1. The second-order valence-corrected chi connectivity index (χ2v) is 5.85. The smallest absolute Gasteiger partial charge is 0.295 e. The molecule has 1 saturated carbocycles. The zero-order valence-corrected chi connectivity index (χ0v) is 12.1. The van der Waals surface area contributed by atoms with E-state index in [1.165, 1.54) is 31.7 Å². The Hall–Kier alpha value is -2.17. The first-order valence-corrected chi connectivity index (χ1v) is 7.41. The van der Waals surface area contributed by atoms with Crippen LogP contribution in [0.25, 0.3) is 10.9 Å². The fourth-order valence-corrected chi connectivity index (χ4v) is 3.07. The molecule has 1 aliphatic rings. The van der Waals surface area contributed by atoms with Crippen molar-refractivity contribution in [2.75, 3.05) is 11.9 Å². The third kappa shape index (κ3) is 2.44. The quantitative estimate of drug-likeness (QED) is 0.662. The molecule has 5 heteroatoms. The normalized spacial score (nSPS) is 16.4. The molecule has 0 radical (unpaired) electrons. The third-order valence-electron chi connectivity index (χ3n) is 4.76. The van der Waals surface area contributed by atoms with Gasteiger partial charge in [-0.3, -0.25) is 10.1 Å². The van der Waals surface area contributed by atoms with Gasteiger partial charge in [-0.25, -0.2) is 4.98 Å². The number of nitro benzene ring substituents is 1. The summed E-state index contributed by atoms with van der Waals surface area (Å²) in [6, 6.07) is 7.04. The van der Waals surface area contributed by atoms with E-state index in [0.717, 1.165) is 17.6 Å². The molecule has 1 N–H and O–H groups in total. The lowest BCUT2D eigenvalue weighted by Gasteiger charge is -2.41. The van der Waals surface area contributed by atoms with Crippen molar-refractivity contribution in [2.24, 2.45) is 5.41 Å². The lowest BCUT2D eigenvalue weighted by molar-refractivity contribution is -0.383. The van der Waals surface area contributed by atoms with Gasteiger partial charge in [-0.1, -0.05) is 13.3 Å². The highest BCUT2D eigenvalue weighted by atomic mass is 16.6. The number of rotatable bonds is 5. The molecule has 1 aliphatic carbocycles. The van der Waals surface area contributed by atoms with Crippen LogP contribution in [0.3, 0.4) is 0 Å². The van der Waals surface area contributed by atoms with Crippen molar-refractivity contribution in [3.05, 3.63) is 40.6 Å². The van der Waals surface area contributed by atoms with E-state index in [0.29, 0.717) is 10.9 Å². The van der Waals surface area contributed by atoms with Crippen LogP contribution in [0.4, 0.5) is 11.4 Å². The molecule has 0 atom stereocenters. The van der Waals surface area contributed by atoms with Crippen molar-refractivity contribution in [3.8, 4) is 0 Å². The Balaban J connectivity index is 1.93. The first-order valence-electron chi connectivity index (χ1n) is 7.41. The van der Waals surface area contributed by atoms with Crippen LogP contribution in [0.2, 0.25) is 0 Å². The number of benzene rings is 1. The van der Waals surface area contributed by atoms with Crippen LogP contribution in [0.5, 0.6) is 0 Å². The fraction of sp³-hybridized carbons (Fsp3) is 0.438. The largest absolute Gasteiger partial charge is 0.384 e. The van der Waals surface area contributed by atoms with Gasteiger partial charge in [0.15, 0.2) is 0 Å². The first-order chi connectivity index (χ1) is 10.2. The van der Waals surface area contributed by atoms with Gasteiger partial charge in [-0.05, 0) is 42.9 Å². The summed E-state index contributed by atoms with van der Waals surface area (Å²) in [4.78, 5) is 14.9. The second kappa shape index (κ2) is 5.31. The van der Waals surface area contributed by atoms with Crippen LogP contribution in [0.1, 0.15) is 32.6 Å². The number of hydrogen-bond acceptors (Lipinski definition) is 4. The highest BCUT2D eigenvalue weighted by molar-refractivity contribution is 5.96. The maximum absolute atomic E-state index is 11.1. The molecule has 110 valence electrons. The SMILES string of the molecule is CCC1(CNc2ccc([N+](=O)[O-])c3ncccc23)CCC1. The van der Waals surface area contributed by atoms with E-state index in [2.05, 4.69) is 17.2 Å². The van der Waals surface area contributed by atoms with E-state index >= 15 is 0 Å². The summed E-state index contributed by atoms with van der Waals surface area (Å²) >= 11 is 0. The minimum absolute atomic E-state index is 0.0602. The lowest BCUT2D eigenvalue weighted by Crippen LogP contribution is -2.35. The Morgan fingerprint density at radius 1 is 1.38 bits per heavy atom. The predicted octanol–water partition coefficient (Wildman–Crippen LogP) is 4.14. The van der Waals surface area contributed by atoms with Gasteiger partial charge in [-0.15, -0.1) is 0 Å². The maximum atomic E-state index is 11.1. The van der Waals surface area contributed by atoms with Gasteiger partial charge >= 0.3 is 0 Å². The zero-order valence-electron chi connectivity index (χ0n) is 12.1. The van der Waals surface area contributed by atoms with Crippen molar-refractivity contribution < 1.29 is 4.92 Å². The van der Waals surface area contributed by atoms with E-state index in [9.17, 15) is 10.1 Å². The summed E-state index contributed by atoms with van der Waals surface area (Å²) in [5, 5.41) is 15.4. The van der Waals surface area contributed by atoms with E-state index in [4.69, 9.17) is 0 Å². The molecule has 21 heavy (non-hydrogen) atoms. The topological polar surface area (TPSA) is 68.1 Å². The molecular weight excluding hydrogens is 266 g/mol. The number of aromatic nitrogens is 1. The summed E-state index contributed by atoms with van der Waals surface area (Å²) in [5.41, 5.74) is 1.84. The van der Waals surface area contributed by atoms with Crippen LogP contribution < -0.4 is 5.32 Å². The average molecular weight is 285 g/mol. The minimum Gasteiger partial charge on any atom is -0.384 e. The Morgan fingerprint density at radius 2 is 2.19 bits per heavy atom. The van der Waals surface area contributed by atoms with Gasteiger partial charge in [-0.2, -0.15) is 0 Å². The van der Waals surface area contributed by atoms with E-state index in [1.807, 2.05) is 12.1 Å². The van der Waals surface area contributed by atoms with E-state index in [-0.39, 0.29) is 10.6 Å². The molecule has 2 aromatic rings. The van der Waals surface area contributed by atoms with Crippen LogP contribution in [0.15, 0.2) is 30.5 Å². The number of nitrogens with zero attached hydrogens (tertiary/aromatic N) is 2. The minimum atomic E-state index is -0.376. The van der Waals surface area contributed by atoms with Gasteiger partial charge in [0.05, 0.1) is 4.92 Å². The molecule has 0 aliphatic heterocycles. The predicted molar refractivity (Wildman–Crippen MR) is 83.5 cm³/mol. The molecule has 1 fully saturated rings. The van der Waals surface area contributed by atoms with Crippen LogP contribution in [0, 0.1) is 15.5 Å². The maximum Gasteiger partial charge on any atom is 0.295 e. The highest BCUT2D eigenvalue weighted by Gasteiger charge is 2.34. The number of fused-ring (bicyclic) bond motifs is 1. The van der Waals surface area contributed by atoms with Crippen LogP contribution in [-0.2, 0) is 0 Å². The number of anilines is 1. The monoisotopic (exact) mass is 285 g/mol. The molecule has 0 bridgehead atoms. The highest BCUT2D eigenvalue weighted by Crippen LogP contribution is 2.44. The summed E-state index contributed by atoms with van der Waals surface area (Å²) in [6.07, 6.45) is 6.60. The van der Waals surface area contributed by atoms with Crippen molar-refractivity contribution in [1.29, 1.82) is 0 Å². The Morgan fingerprint density at radius 3 is 2.81 bits per heavy atom. The average Bonchev–Trinajstić information content (AvgIpc) is 2.46. The number of hydrogen-bond donors (Lipinski definition) is 1. The van der Waals surface area contributed by atoms with Crippen LogP contribution >= 0.6 is 0 Å². The molecule has 1 heterocycles. The van der Waals surface area contributed by atoms with Crippen molar-refractivity contribution in [2.45, 2.75) is 32.6 Å². The molecule has 0 unspecified atom stereocenters. The molecule has 5 nitrogen and oxygen atoms in total. The van der Waals surface area contributed by atoms with Crippen molar-refractivity contribution in [1.82, 2.24) is 4.98 Å². The summed E-state index contributed by atoms with van der Waals surface area (Å²) in [6.45, 7) is 3.15. The van der Waals surface area contributed by atoms with E-state index in [1.54, 1.807) is 12.3 Å². The fourth-order valence-electron chi connectivity index (χ4n) is 3.07. The molecule has 0 spiro atoms. The van der Waals surface area contributed by atoms with Crippen molar-refractivity contribution >= 4 is 22.3 Å². The van der Waals surface area contributed by atoms with Gasteiger partial charge in [0.2, 0.25) is 0 Å². The third-order valence-corrected chi connectivity index (χ3v) is 4.76. The Kier molecular flexibility index (Phi) is 3.49. The molecule has 1 aromatic heterocycles. The van der Waals surface area contributed by atoms with Gasteiger partial charge in [0.25, 0.3) is 5.69 Å². The summed E-state index contributed by atoms with van der Waals surface area (Å²) < 4.78 is 0. The lowest BCUT2D eigenvalue weighted by atomic mass is 9.67. The second-order valence-electron chi connectivity index (χ2n) is 5.85. The number of nitrogens with one attached hydrogen (secondary N) is 1.